The minimum Gasteiger partial charge on any atom is -1.00 e. The van der Waals surface area contributed by atoms with Crippen molar-refractivity contribution in [1.29, 1.82) is 0 Å². The molecule has 0 amide bonds. The van der Waals surface area contributed by atoms with Crippen LogP contribution in [0.3, 0.4) is 0 Å². The topological polar surface area (TPSA) is 3.24 Å². The first-order valence-corrected chi connectivity index (χ1v) is 16.9. The van der Waals surface area contributed by atoms with E-state index in [4.69, 9.17) is 0 Å². The van der Waals surface area contributed by atoms with E-state index >= 15 is 0 Å². The number of nitrogens with zero attached hydrogens (tertiary/aromatic N) is 1. The molecular formula is C35H33Cl2NZr. The second-order valence-corrected chi connectivity index (χ2v) is 16.4. The summed E-state index contributed by atoms with van der Waals surface area (Å²) in [5, 5.41) is 0. The van der Waals surface area contributed by atoms with Crippen LogP contribution in [-0.4, -0.2) is 17.3 Å². The van der Waals surface area contributed by atoms with Crippen LogP contribution >= 0.6 is 0 Å². The predicted octanol–water partition coefficient (Wildman–Crippen LogP) is 1.47. The molecule has 0 saturated carbocycles. The Hall–Kier alpha value is -2.51. The summed E-state index contributed by atoms with van der Waals surface area (Å²) in [6.07, 6.45) is 4.69. The standard InChI is InChI=1S/C15H14N.C13H10.C7H9.2ClH.Zr/c1-16(2)13-7-8-15-12(10-13)9-11-5-3-4-6-14(11)15;1-3-7-12(8-4-1)11-13-9-5-2-6-10-13;1-6-4-3-5-7(6)2;;;/h3-8H,9H2,1-2H3;1-10H;4H,5H2,1-2H3;2*1H;/q;;;;;+2/p-2. The zero-order chi connectivity index (χ0) is 25.5. The number of anilines is 1. The van der Waals surface area contributed by atoms with E-state index in [0.29, 0.717) is 0 Å². The van der Waals surface area contributed by atoms with Gasteiger partial charge in [0.15, 0.2) is 0 Å². The maximum Gasteiger partial charge on any atom is -1.00 e. The molecular weight excluding hydrogens is 597 g/mol. The van der Waals surface area contributed by atoms with Crippen molar-refractivity contribution in [3.63, 3.8) is 0 Å². The second-order valence-electron chi connectivity index (χ2n) is 10.5. The maximum absolute atomic E-state index is 2.71. The third-order valence-corrected chi connectivity index (χ3v) is 15.5. The van der Waals surface area contributed by atoms with E-state index in [1.807, 2.05) is 0 Å². The average molecular weight is 630 g/mol. The third-order valence-electron chi connectivity index (χ3n) is 7.91. The molecule has 6 rings (SSSR count). The van der Waals surface area contributed by atoms with Gasteiger partial charge in [0.05, 0.1) is 0 Å². The average Bonchev–Trinajstić information content (AvgIpc) is 3.47. The van der Waals surface area contributed by atoms with Crippen molar-refractivity contribution in [3.8, 4) is 11.1 Å². The largest absolute Gasteiger partial charge is 1.00 e. The zero-order valence-corrected chi connectivity index (χ0v) is 26.9. The Balaban J connectivity index is 0.00000176. The molecule has 4 aromatic carbocycles. The monoisotopic (exact) mass is 627 g/mol. The van der Waals surface area contributed by atoms with E-state index in [0.717, 1.165) is 12.8 Å². The summed E-state index contributed by atoms with van der Waals surface area (Å²) in [7, 11) is 4.44. The Morgan fingerprint density at radius 2 is 1.26 bits per heavy atom. The minimum atomic E-state index is -2.71. The molecule has 0 unspecified atom stereocenters. The molecule has 0 N–H and O–H groups in total. The van der Waals surface area contributed by atoms with Crippen molar-refractivity contribution in [1.82, 2.24) is 0 Å². The normalized spacial score (nSPS) is 12.8. The maximum atomic E-state index is 2.55. The first kappa shape index (κ1) is 29.5. The van der Waals surface area contributed by atoms with Crippen molar-refractivity contribution in [2.24, 2.45) is 0 Å². The zero-order valence-electron chi connectivity index (χ0n) is 22.9. The molecule has 0 saturated heterocycles. The summed E-state index contributed by atoms with van der Waals surface area (Å²) in [5.74, 6) is 0. The fourth-order valence-corrected chi connectivity index (χ4v) is 15.1. The van der Waals surface area contributed by atoms with Gasteiger partial charge in [0.2, 0.25) is 0 Å². The number of benzene rings is 4. The quantitative estimate of drug-likeness (QED) is 0.285. The van der Waals surface area contributed by atoms with Crippen LogP contribution in [0.1, 0.15) is 42.5 Å². The van der Waals surface area contributed by atoms with E-state index in [1.165, 1.54) is 44.7 Å². The van der Waals surface area contributed by atoms with Crippen LogP contribution in [0.4, 0.5) is 5.69 Å². The second kappa shape index (κ2) is 12.3. The van der Waals surface area contributed by atoms with Gasteiger partial charge >= 0.3 is 230 Å². The summed E-state index contributed by atoms with van der Waals surface area (Å²) in [6, 6.07) is 36.2. The number of rotatable bonds is 5. The number of allylic oxidation sites excluding steroid dienone is 4. The van der Waals surface area contributed by atoms with Gasteiger partial charge in [-0.1, -0.05) is 0 Å². The summed E-state index contributed by atoms with van der Waals surface area (Å²) in [4.78, 5) is 2.36. The summed E-state index contributed by atoms with van der Waals surface area (Å²) in [5.41, 5.74) is 13.0. The fraction of sp³-hybridized carbons (Fsp3) is 0.171. The van der Waals surface area contributed by atoms with Crippen molar-refractivity contribution < 1.29 is 46.1 Å². The Morgan fingerprint density at radius 3 is 1.82 bits per heavy atom. The molecule has 0 heterocycles. The summed E-state index contributed by atoms with van der Waals surface area (Å²) in [6.45, 7) is 4.62. The molecule has 2 aliphatic rings. The molecule has 0 aliphatic heterocycles. The van der Waals surface area contributed by atoms with Gasteiger partial charge in [0, 0.05) is 0 Å². The summed E-state index contributed by atoms with van der Waals surface area (Å²) < 4.78 is 4.93. The van der Waals surface area contributed by atoms with Gasteiger partial charge in [-0.05, 0) is 0 Å². The van der Waals surface area contributed by atoms with Crippen LogP contribution in [-0.2, 0) is 27.7 Å². The van der Waals surface area contributed by atoms with E-state index < -0.39 is 21.3 Å². The Bertz CT molecular complexity index is 1560. The van der Waals surface area contributed by atoms with Gasteiger partial charge in [0.1, 0.15) is 0 Å². The number of halogens is 2. The Kier molecular flexibility index (Phi) is 9.33. The van der Waals surface area contributed by atoms with Crippen LogP contribution in [0.25, 0.3) is 11.1 Å². The summed E-state index contributed by atoms with van der Waals surface area (Å²) >= 11 is -2.71. The van der Waals surface area contributed by atoms with Gasteiger partial charge in [0.25, 0.3) is 0 Å². The molecule has 0 aromatic heterocycles. The van der Waals surface area contributed by atoms with E-state index in [2.05, 4.69) is 136 Å². The number of hydrogen-bond acceptors (Lipinski definition) is 1. The molecule has 2 aliphatic carbocycles. The van der Waals surface area contributed by atoms with E-state index in [-0.39, 0.29) is 24.8 Å². The van der Waals surface area contributed by atoms with Crippen molar-refractivity contribution >= 4 is 12.2 Å². The molecule has 0 radical (unpaired) electrons. The van der Waals surface area contributed by atoms with Gasteiger partial charge in [-0.15, -0.1) is 0 Å². The van der Waals surface area contributed by atoms with Gasteiger partial charge in [-0.2, -0.15) is 0 Å². The van der Waals surface area contributed by atoms with Crippen LogP contribution in [0.2, 0.25) is 0 Å². The predicted molar refractivity (Wildman–Crippen MR) is 156 cm³/mol. The Morgan fingerprint density at radius 1 is 0.667 bits per heavy atom. The molecule has 0 spiro atoms. The molecule has 0 fully saturated rings. The molecule has 0 atom stereocenters. The van der Waals surface area contributed by atoms with Gasteiger partial charge in [-0.3, -0.25) is 0 Å². The van der Waals surface area contributed by atoms with E-state index in [1.54, 1.807) is 15.3 Å². The van der Waals surface area contributed by atoms with Gasteiger partial charge in [-0.25, -0.2) is 0 Å². The van der Waals surface area contributed by atoms with Crippen LogP contribution in [0.15, 0.2) is 118 Å². The van der Waals surface area contributed by atoms with Crippen molar-refractivity contribution in [3.05, 3.63) is 140 Å². The first-order valence-electron chi connectivity index (χ1n) is 13.2. The molecule has 0 bridgehead atoms. The molecule has 39 heavy (non-hydrogen) atoms. The van der Waals surface area contributed by atoms with Gasteiger partial charge < -0.3 is 24.8 Å². The first-order chi connectivity index (χ1) is 18.0. The van der Waals surface area contributed by atoms with Crippen molar-refractivity contribution in [2.75, 3.05) is 19.0 Å². The van der Waals surface area contributed by atoms with E-state index in [9.17, 15) is 0 Å². The molecule has 196 valence electrons. The fourth-order valence-electron chi connectivity index (χ4n) is 5.98. The van der Waals surface area contributed by atoms with Crippen LogP contribution < -0.4 is 33.0 Å². The minimum absolute atomic E-state index is 0. The molecule has 1 nitrogen and oxygen atoms in total. The van der Waals surface area contributed by atoms with Crippen molar-refractivity contribution in [2.45, 2.75) is 26.7 Å². The Labute approximate surface area is 253 Å². The smallest absolute Gasteiger partial charge is 1.00 e. The van der Waals surface area contributed by atoms with Crippen LogP contribution in [0, 0.1) is 0 Å². The number of fused-ring (bicyclic) bond motifs is 3. The molecule has 4 heteroatoms. The third kappa shape index (κ3) is 5.45. The van der Waals surface area contributed by atoms with Crippen LogP contribution in [0.5, 0.6) is 0 Å². The number of hydrogen-bond donors (Lipinski definition) is 0. The SMILES string of the molecule is CC1=C(C)C[C]([Zr+2](=[C](c2ccccc2)c2ccccc2)[c]2c(N(C)C)ccc3c2Cc2ccccc2-3)=C1.[Cl-].[Cl-]. The molecule has 4 aromatic rings.